The molecular formula is C20H26N2O2. The molecular weight excluding hydrogens is 300 g/mol. The Bertz CT molecular complexity index is 638. The van der Waals surface area contributed by atoms with E-state index in [9.17, 15) is 4.79 Å². The number of nitrogens with one attached hydrogen (secondary N) is 2. The number of carbonyl (C=O) groups is 1. The molecule has 1 amide bonds. The van der Waals surface area contributed by atoms with Crippen molar-refractivity contribution in [1.82, 2.24) is 10.6 Å². The summed E-state index contributed by atoms with van der Waals surface area (Å²) in [5.74, 6) is 1.27. The molecule has 0 saturated carbocycles. The minimum absolute atomic E-state index is 0.0423. The van der Waals surface area contributed by atoms with Crippen molar-refractivity contribution in [2.24, 2.45) is 0 Å². The van der Waals surface area contributed by atoms with E-state index in [1.807, 2.05) is 36.4 Å². The van der Waals surface area contributed by atoms with Gasteiger partial charge in [0, 0.05) is 13.1 Å². The van der Waals surface area contributed by atoms with Crippen LogP contribution in [0.15, 0.2) is 48.5 Å². The minimum Gasteiger partial charge on any atom is -0.497 e. The van der Waals surface area contributed by atoms with E-state index in [-0.39, 0.29) is 6.04 Å². The fraction of sp³-hybridized carbons (Fsp3) is 0.350. The predicted molar refractivity (Wildman–Crippen MR) is 97.2 cm³/mol. The topological polar surface area (TPSA) is 50.4 Å². The number of ether oxygens (including phenoxy) is 1. The Hall–Kier alpha value is -2.33. The molecule has 24 heavy (non-hydrogen) atoms. The predicted octanol–water partition coefficient (Wildman–Crippen LogP) is 3.40. The molecule has 0 aromatic heterocycles. The number of amides is 1. The Kier molecular flexibility index (Phi) is 6.82. The zero-order chi connectivity index (χ0) is 17.4. The van der Waals surface area contributed by atoms with E-state index in [4.69, 9.17) is 4.74 Å². The summed E-state index contributed by atoms with van der Waals surface area (Å²) in [5, 5.41) is 6.36. The molecule has 0 aliphatic rings. The number of hydrogen-bond acceptors (Lipinski definition) is 3. The summed E-state index contributed by atoms with van der Waals surface area (Å²) < 4.78 is 5.17. The highest BCUT2D eigenvalue weighted by atomic mass is 16.5. The fourth-order valence-corrected chi connectivity index (χ4v) is 2.80. The molecule has 0 aliphatic carbocycles. The van der Waals surface area contributed by atoms with Crippen LogP contribution in [-0.4, -0.2) is 20.1 Å². The van der Waals surface area contributed by atoms with Crippen molar-refractivity contribution in [2.45, 2.75) is 32.4 Å². The molecule has 2 rings (SSSR count). The van der Waals surface area contributed by atoms with Gasteiger partial charge in [0.05, 0.1) is 13.2 Å². The van der Waals surface area contributed by atoms with Crippen LogP contribution >= 0.6 is 0 Å². The molecule has 0 spiro atoms. The summed E-state index contributed by atoms with van der Waals surface area (Å²) in [6.45, 7) is 5.75. The lowest BCUT2D eigenvalue weighted by Gasteiger charge is -2.22. The molecule has 0 saturated heterocycles. The third-order valence-electron chi connectivity index (χ3n) is 4.10. The third kappa shape index (κ3) is 4.83. The molecule has 2 aromatic rings. The molecule has 0 fully saturated rings. The van der Waals surface area contributed by atoms with Gasteiger partial charge in [-0.2, -0.15) is 0 Å². The van der Waals surface area contributed by atoms with Gasteiger partial charge in [-0.3, -0.25) is 4.79 Å². The van der Waals surface area contributed by atoms with Gasteiger partial charge in [0.2, 0.25) is 6.41 Å². The van der Waals surface area contributed by atoms with Crippen LogP contribution in [-0.2, 0) is 11.3 Å². The maximum atomic E-state index is 11.0. The first-order valence-corrected chi connectivity index (χ1v) is 8.28. The van der Waals surface area contributed by atoms with Crippen molar-refractivity contribution in [2.75, 3.05) is 13.7 Å². The van der Waals surface area contributed by atoms with Crippen molar-refractivity contribution >= 4 is 6.41 Å². The van der Waals surface area contributed by atoms with Gasteiger partial charge in [0.25, 0.3) is 0 Å². The zero-order valence-electron chi connectivity index (χ0n) is 14.6. The highest BCUT2D eigenvalue weighted by Crippen LogP contribution is 2.24. The molecule has 4 nitrogen and oxygen atoms in total. The average Bonchev–Trinajstić information content (AvgIpc) is 2.61. The summed E-state index contributed by atoms with van der Waals surface area (Å²) in [4.78, 5) is 11.0. The molecule has 128 valence electrons. The summed E-state index contributed by atoms with van der Waals surface area (Å²) in [5.41, 5.74) is 3.61. The quantitative estimate of drug-likeness (QED) is 0.695. The van der Waals surface area contributed by atoms with Crippen molar-refractivity contribution < 1.29 is 9.53 Å². The van der Waals surface area contributed by atoms with Gasteiger partial charge in [0.15, 0.2) is 0 Å². The molecule has 1 unspecified atom stereocenters. The zero-order valence-corrected chi connectivity index (χ0v) is 14.6. The van der Waals surface area contributed by atoms with E-state index in [1.165, 1.54) is 16.7 Å². The Labute approximate surface area is 144 Å². The van der Waals surface area contributed by atoms with E-state index >= 15 is 0 Å². The Morgan fingerprint density at radius 1 is 1.04 bits per heavy atom. The van der Waals surface area contributed by atoms with Crippen molar-refractivity contribution in [1.29, 1.82) is 0 Å². The maximum absolute atomic E-state index is 11.0. The summed E-state index contributed by atoms with van der Waals surface area (Å²) >= 11 is 0. The van der Waals surface area contributed by atoms with E-state index in [1.54, 1.807) is 7.11 Å². The van der Waals surface area contributed by atoms with Crippen LogP contribution in [0.3, 0.4) is 0 Å². The molecule has 4 heteroatoms. The van der Waals surface area contributed by atoms with Crippen LogP contribution < -0.4 is 15.4 Å². The van der Waals surface area contributed by atoms with Gasteiger partial charge in [-0.15, -0.1) is 0 Å². The van der Waals surface area contributed by atoms with Crippen molar-refractivity contribution in [3.63, 3.8) is 0 Å². The molecule has 0 bridgehead atoms. The Balaban J connectivity index is 2.02. The standard InChI is InChI=1S/C20H26N2O2/c1-15(2)18-6-4-5-7-19(18)20(22-14-23)13-21-12-16-8-10-17(24-3)11-9-16/h4-11,14-15,20-21H,12-13H2,1-3H3,(H,22,23). The van der Waals surface area contributed by atoms with Crippen LogP contribution in [0.25, 0.3) is 0 Å². The molecule has 0 radical (unpaired) electrons. The van der Waals surface area contributed by atoms with Crippen molar-refractivity contribution in [3.8, 4) is 5.75 Å². The first-order chi connectivity index (χ1) is 11.7. The summed E-state index contributed by atoms with van der Waals surface area (Å²) in [6.07, 6.45) is 0.775. The summed E-state index contributed by atoms with van der Waals surface area (Å²) in [7, 11) is 1.66. The molecule has 0 aliphatic heterocycles. The number of hydrogen-bond donors (Lipinski definition) is 2. The van der Waals surface area contributed by atoms with Crippen LogP contribution in [0, 0.1) is 0 Å². The Morgan fingerprint density at radius 3 is 2.29 bits per heavy atom. The first-order valence-electron chi connectivity index (χ1n) is 8.28. The highest BCUT2D eigenvalue weighted by Gasteiger charge is 2.15. The molecule has 2 aromatic carbocycles. The lowest BCUT2D eigenvalue weighted by Crippen LogP contribution is -2.31. The first kappa shape index (κ1) is 18.0. The van der Waals surface area contributed by atoms with E-state index in [0.29, 0.717) is 12.5 Å². The smallest absolute Gasteiger partial charge is 0.207 e. The number of methoxy groups -OCH3 is 1. The summed E-state index contributed by atoms with van der Waals surface area (Å²) in [6, 6.07) is 16.2. The number of carbonyl (C=O) groups excluding carboxylic acids is 1. The maximum Gasteiger partial charge on any atom is 0.207 e. The van der Waals surface area contributed by atoms with Crippen LogP contribution in [0.4, 0.5) is 0 Å². The number of rotatable bonds is 9. The SMILES string of the molecule is COc1ccc(CNCC(NC=O)c2ccccc2C(C)C)cc1. The largest absolute Gasteiger partial charge is 0.497 e. The second kappa shape index (κ2) is 9.08. The van der Waals surface area contributed by atoms with Gasteiger partial charge >= 0.3 is 0 Å². The second-order valence-electron chi connectivity index (χ2n) is 6.10. The lowest BCUT2D eigenvalue weighted by atomic mass is 9.92. The van der Waals surface area contributed by atoms with E-state index < -0.39 is 0 Å². The average molecular weight is 326 g/mol. The fourth-order valence-electron chi connectivity index (χ4n) is 2.80. The van der Waals surface area contributed by atoms with Gasteiger partial charge in [-0.05, 0) is 34.7 Å². The van der Waals surface area contributed by atoms with Crippen LogP contribution in [0.5, 0.6) is 5.75 Å². The second-order valence-corrected chi connectivity index (χ2v) is 6.10. The minimum atomic E-state index is -0.0423. The van der Waals surface area contributed by atoms with Gasteiger partial charge in [-0.25, -0.2) is 0 Å². The highest BCUT2D eigenvalue weighted by molar-refractivity contribution is 5.49. The molecule has 2 N–H and O–H groups in total. The van der Waals surface area contributed by atoms with E-state index in [0.717, 1.165) is 18.7 Å². The van der Waals surface area contributed by atoms with E-state index in [2.05, 4.69) is 36.6 Å². The monoisotopic (exact) mass is 326 g/mol. The van der Waals surface area contributed by atoms with Crippen LogP contribution in [0.2, 0.25) is 0 Å². The third-order valence-corrected chi connectivity index (χ3v) is 4.10. The molecule has 1 atom stereocenters. The Morgan fingerprint density at radius 2 is 1.71 bits per heavy atom. The molecule has 0 heterocycles. The van der Waals surface area contributed by atoms with Crippen molar-refractivity contribution in [3.05, 3.63) is 65.2 Å². The van der Waals surface area contributed by atoms with Gasteiger partial charge < -0.3 is 15.4 Å². The van der Waals surface area contributed by atoms with Gasteiger partial charge in [-0.1, -0.05) is 50.2 Å². The van der Waals surface area contributed by atoms with Gasteiger partial charge in [0.1, 0.15) is 5.75 Å². The lowest BCUT2D eigenvalue weighted by molar-refractivity contribution is -0.110. The van der Waals surface area contributed by atoms with Crippen LogP contribution in [0.1, 0.15) is 42.5 Å². The normalized spacial score (nSPS) is 12.0. The number of benzene rings is 2.